The molecule has 0 aromatic heterocycles. The Kier molecular flexibility index (Phi) is 14.7. The first kappa shape index (κ1) is 29.5. The first-order valence-electron chi connectivity index (χ1n) is 11.7. The van der Waals surface area contributed by atoms with E-state index in [9.17, 15) is 14.4 Å². The fourth-order valence-electron chi connectivity index (χ4n) is 3.31. The van der Waals surface area contributed by atoms with E-state index >= 15 is 0 Å². The van der Waals surface area contributed by atoms with E-state index in [1.165, 1.54) is 11.0 Å². The van der Waals surface area contributed by atoms with Gasteiger partial charge in [0.2, 0.25) is 6.08 Å². The third-order valence-electron chi connectivity index (χ3n) is 4.70. The van der Waals surface area contributed by atoms with Gasteiger partial charge in [-0.1, -0.05) is 18.2 Å². The summed E-state index contributed by atoms with van der Waals surface area (Å²) in [6.45, 7) is 8.85. The number of ether oxygens (including phenoxy) is 1. The van der Waals surface area contributed by atoms with Crippen molar-refractivity contribution in [3.63, 3.8) is 0 Å². The van der Waals surface area contributed by atoms with Crippen LogP contribution in [-0.2, 0) is 27.6 Å². The standard InChI is InChI=1S/C23H37N3O7Si/c1-5-30-22(28)21(16-12-13-17-24-18-27)25-23(29)26(20-14-10-9-11-15-20)19-34(31-6-2,32-7-3)33-8-4/h9-11,14-15,21H,5-8,12-13,16-17,19H2,1-4H3,(H,25,29). The zero-order valence-corrected chi connectivity index (χ0v) is 21.6. The van der Waals surface area contributed by atoms with Gasteiger partial charge >= 0.3 is 20.8 Å². The number of urea groups is 1. The number of hydrogen-bond acceptors (Lipinski definition) is 8. The molecule has 0 saturated heterocycles. The van der Waals surface area contributed by atoms with E-state index in [2.05, 4.69) is 10.3 Å². The lowest BCUT2D eigenvalue weighted by atomic mass is 10.1. The summed E-state index contributed by atoms with van der Waals surface area (Å²) in [5, 5.41) is 2.80. The summed E-state index contributed by atoms with van der Waals surface area (Å²) in [5.74, 6) is -0.523. The van der Waals surface area contributed by atoms with Gasteiger partial charge in [-0.25, -0.2) is 19.4 Å². The quantitative estimate of drug-likeness (QED) is 0.116. The largest absolute Gasteiger partial charge is 0.521 e. The number of carbonyl (C=O) groups is 2. The number of aliphatic imine (C=N–C) groups is 1. The number of amides is 2. The van der Waals surface area contributed by atoms with Gasteiger partial charge in [-0.15, -0.1) is 0 Å². The minimum atomic E-state index is -3.24. The SMILES string of the molecule is CCOC(=O)C(CCCCN=C=O)NC(=O)N(C[Si](OCC)(OCC)OCC)c1ccccc1. The van der Waals surface area contributed by atoms with Gasteiger partial charge in [-0.3, -0.25) is 4.90 Å². The number of unbranched alkanes of at least 4 members (excludes halogenated alkanes) is 1. The normalized spacial score (nSPS) is 11.9. The van der Waals surface area contributed by atoms with Crippen LogP contribution in [0.3, 0.4) is 0 Å². The molecule has 10 nitrogen and oxygen atoms in total. The number of isocyanates is 1. The third-order valence-corrected chi connectivity index (χ3v) is 7.59. The van der Waals surface area contributed by atoms with Gasteiger partial charge in [-0.2, -0.15) is 0 Å². The zero-order chi connectivity index (χ0) is 25.2. The Morgan fingerprint density at radius 2 is 1.62 bits per heavy atom. The monoisotopic (exact) mass is 495 g/mol. The molecule has 0 aliphatic carbocycles. The molecule has 34 heavy (non-hydrogen) atoms. The molecule has 0 aliphatic heterocycles. The second-order valence-corrected chi connectivity index (χ2v) is 9.67. The van der Waals surface area contributed by atoms with Gasteiger partial charge in [0.05, 0.1) is 19.3 Å². The van der Waals surface area contributed by atoms with E-state index in [1.54, 1.807) is 19.1 Å². The summed E-state index contributed by atoms with van der Waals surface area (Å²) in [4.78, 5) is 41.3. The van der Waals surface area contributed by atoms with E-state index in [-0.39, 0.29) is 12.8 Å². The van der Waals surface area contributed by atoms with Crippen LogP contribution < -0.4 is 10.2 Å². The Bertz CT molecular complexity index is 758. The Morgan fingerprint density at radius 3 is 2.15 bits per heavy atom. The lowest BCUT2D eigenvalue weighted by Crippen LogP contribution is -2.59. The number of rotatable bonds is 17. The molecule has 11 heteroatoms. The predicted molar refractivity (Wildman–Crippen MR) is 130 cm³/mol. The lowest BCUT2D eigenvalue weighted by molar-refractivity contribution is -0.145. The van der Waals surface area contributed by atoms with Crippen LogP contribution in [0.25, 0.3) is 0 Å². The van der Waals surface area contributed by atoms with Crippen LogP contribution >= 0.6 is 0 Å². The fourth-order valence-corrected chi connectivity index (χ4v) is 5.86. The first-order chi connectivity index (χ1) is 16.5. The maximum Gasteiger partial charge on any atom is 0.521 e. The number of nitrogens with zero attached hydrogens (tertiary/aromatic N) is 2. The fraction of sp³-hybridized carbons (Fsp3) is 0.609. The molecule has 0 heterocycles. The molecule has 1 atom stereocenters. The average molecular weight is 496 g/mol. The third kappa shape index (κ3) is 10.1. The summed E-state index contributed by atoms with van der Waals surface area (Å²) in [7, 11) is -3.24. The van der Waals surface area contributed by atoms with Crippen molar-refractivity contribution in [1.82, 2.24) is 5.32 Å². The molecular formula is C23H37N3O7Si. The average Bonchev–Trinajstić information content (AvgIpc) is 2.83. The second kappa shape index (κ2) is 17.0. The Hall–Kier alpha value is -2.56. The van der Waals surface area contributed by atoms with Gasteiger partial charge in [0.1, 0.15) is 6.04 Å². The number of carbonyl (C=O) groups excluding carboxylic acids is 3. The van der Waals surface area contributed by atoms with Crippen molar-refractivity contribution in [1.29, 1.82) is 0 Å². The highest BCUT2D eigenvalue weighted by atomic mass is 28.4. The van der Waals surface area contributed by atoms with Crippen molar-refractivity contribution < 1.29 is 32.4 Å². The van der Waals surface area contributed by atoms with Gasteiger partial charge in [-0.05, 0) is 59.1 Å². The van der Waals surface area contributed by atoms with Gasteiger partial charge < -0.3 is 23.3 Å². The number of hydrogen-bond donors (Lipinski definition) is 1. The van der Waals surface area contributed by atoms with Crippen LogP contribution in [0, 0.1) is 0 Å². The van der Waals surface area contributed by atoms with Crippen LogP contribution in [-0.4, -0.2) is 72.1 Å². The summed E-state index contributed by atoms with van der Waals surface area (Å²) in [6, 6.07) is 7.71. The minimum absolute atomic E-state index is 0.0714. The van der Waals surface area contributed by atoms with Crippen molar-refractivity contribution in [2.24, 2.45) is 4.99 Å². The van der Waals surface area contributed by atoms with Crippen LogP contribution in [0.15, 0.2) is 35.3 Å². The lowest BCUT2D eigenvalue weighted by Gasteiger charge is -2.34. The topological polar surface area (TPSA) is 116 Å². The van der Waals surface area contributed by atoms with E-state index in [0.29, 0.717) is 51.3 Å². The molecule has 0 saturated carbocycles. The molecule has 1 rings (SSSR count). The number of anilines is 1. The molecule has 1 aromatic rings. The Morgan fingerprint density at radius 1 is 1.00 bits per heavy atom. The molecule has 0 spiro atoms. The molecule has 190 valence electrons. The predicted octanol–water partition coefficient (Wildman–Crippen LogP) is 3.23. The van der Waals surface area contributed by atoms with Crippen LogP contribution in [0.4, 0.5) is 10.5 Å². The summed E-state index contributed by atoms with van der Waals surface area (Å²) >= 11 is 0. The van der Waals surface area contributed by atoms with E-state index in [1.807, 2.05) is 39.0 Å². The molecule has 0 radical (unpaired) electrons. The summed E-state index contributed by atoms with van der Waals surface area (Å²) in [6.07, 6.45) is 3.05. The Balaban J connectivity index is 3.16. The summed E-state index contributed by atoms with van der Waals surface area (Å²) in [5.41, 5.74) is 0.610. The maximum absolute atomic E-state index is 13.5. The minimum Gasteiger partial charge on any atom is -0.464 e. The molecule has 1 unspecified atom stereocenters. The van der Waals surface area contributed by atoms with Crippen LogP contribution in [0.5, 0.6) is 0 Å². The number of nitrogens with one attached hydrogen (secondary N) is 1. The Labute approximate surface area is 203 Å². The molecule has 0 bridgehead atoms. The highest BCUT2D eigenvalue weighted by Gasteiger charge is 2.44. The van der Waals surface area contributed by atoms with Gasteiger partial charge in [0.25, 0.3) is 0 Å². The van der Waals surface area contributed by atoms with E-state index in [4.69, 9.17) is 18.0 Å². The molecule has 1 aromatic carbocycles. The van der Waals surface area contributed by atoms with Crippen molar-refractivity contribution in [2.45, 2.75) is 53.0 Å². The maximum atomic E-state index is 13.5. The summed E-state index contributed by atoms with van der Waals surface area (Å²) < 4.78 is 23.0. The van der Waals surface area contributed by atoms with Crippen molar-refractivity contribution in [3.8, 4) is 0 Å². The highest BCUT2D eigenvalue weighted by molar-refractivity contribution is 6.62. The molecule has 1 N–H and O–H groups in total. The number of esters is 1. The highest BCUT2D eigenvalue weighted by Crippen LogP contribution is 2.20. The van der Waals surface area contributed by atoms with Crippen molar-refractivity contribution >= 4 is 32.6 Å². The number of benzene rings is 1. The zero-order valence-electron chi connectivity index (χ0n) is 20.6. The van der Waals surface area contributed by atoms with Gasteiger partial charge in [0, 0.05) is 25.5 Å². The smallest absolute Gasteiger partial charge is 0.464 e. The van der Waals surface area contributed by atoms with Crippen molar-refractivity contribution in [3.05, 3.63) is 30.3 Å². The second-order valence-electron chi connectivity index (χ2n) is 7.13. The van der Waals surface area contributed by atoms with Crippen molar-refractivity contribution in [2.75, 3.05) is 44.0 Å². The number of para-hydroxylation sites is 1. The molecule has 0 fully saturated rings. The molecular weight excluding hydrogens is 458 g/mol. The first-order valence-corrected chi connectivity index (χ1v) is 13.6. The molecule has 2 amide bonds. The van der Waals surface area contributed by atoms with Gasteiger partial charge in [0.15, 0.2) is 0 Å². The molecule has 0 aliphatic rings. The van der Waals surface area contributed by atoms with E-state index in [0.717, 1.165) is 0 Å². The van der Waals surface area contributed by atoms with Crippen LogP contribution in [0.2, 0.25) is 0 Å². The van der Waals surface area contributed by atoms with Crippen LogP contribution in [0.1, 0.15) is 47.0 Å². The van der Waals surface area contributed by atoms with E-state index < -0.39 is 26.8 Å².